The summed E-state index contributed by atoms with van der Waals surface area (Å²) < 4.78 is 4.43. The van der Waals surface area contributed by atoms with Crippen molar-refractivity contribution in [2.75, 3.05) is 13.2 Å². The molecule has 0 aromatic heterocycles. The molecule has 0 saturated carbocycles. The standard InChI is InChI=1S/C11H10O2.C5H9NO4/c12-11(13)9-5-4-8-10-6-2-1-3-7-10;1-2-10-4(7)3-6-5(8)9/h1-9H,(H,12,13);6H,2-3H2,1H3,(H,8,9). The molecule has 0 saturated heterocycles. The lowest BCUT2D eigenvalue weighted by atomic mass is 10.2. The van der Waals surface area contributed by atoms with Gasteiger partial charge in [0.25, 0.3) is 0 Å². The molecule has 0 aliphatic heterocycles. The van der Waals surface area contributed by atoms with Gasteiger partial charge in [0.15, 0.2) is 0 Å². The number of nitrogens with one attached hydrogen (secondary N) is 1. The first-order valence-corrected chi connectivity index (χ1v) is 6.70. The molecule has 7 heteroatoms. The van der Waals surface area contributed by atoms with Crippen molar-refractivity contribution in [3.8, 4) is 0 Å². The predicted octanol–water partition coefficient (Wildman–Crippen LogP) is 2.16. The monoisotopic (exact) mass is 321 g/mol. The third-order valence-corrected chi connectivity index (χ3v) is 2.13. The van der Waals surface area contributed by atoms with Gasteiger partial charge < -0.3 is 20.3 Å². The lowest BCUT2D eigenvalue weighted by Gasteiger charge is -1.99. The quantitative estimate of drug-likeness (QED) is 0.420. The van der Waals surface area contributed by atoms with Gasteiger partial charge in [-0.2, -0.15) is 0 Å². The van der Waals surface area contributed by atoms with Gasteiger partial charge in [-0.3, -0.25) is 4.79 Å². The number of aliphatic carboxylic acids is 1. The first kappa shape index (κ1) is 19.9. The van der Waals surface area contributed by atoms with Crippen LogP contribution in [0.2, 0.25) is 0 Å². The Hall–Kier alpha value is -3.09. The molecule has 0 unspecified atom stereocenters. The van der Waals surface area contributed by atoms with E-state index in [0.717, 1.165) is 11.6 Å². The minimum Gasteiger partial charge on any atom is -0.478 e. The predicted molar refractivity (Wildman–Crippen MR) is 84.9 cm³/mol. The summed E-state index contributed by atoms with van der Waals surface area (Å²) in [4.78, 5) is 30.3. The number of carbonyl (C=O) groups excluding carboxylic acids is 1. The highest BCUT2D eigenvalue weighted by Crippen LogP contribution is 2.00. The number of benzene rings is 1. The Morgan fingerprint density at radius 3 is 2.30 bits per heavy atom. The number of allylic oxidation sites excluding steroid dienone is 2. The highest BCUT2D eigenvalue weighted by atomic mass is 16.5. The molecule has 124 valence electrons. The van der Waals surface area contributed by atoms with E-state index in [1.807, 2.05) is 41.7 Å². The van der Waals surface area contributed by atoms with Crippen molar-refractivity contribution in [3.05, 3.63) is 54.1 Å². The zero-order chi connectivity index (χ0) is 17.5. The topological polar surface area (TPSA) is 113 Å². The number of carboxylic acids is 1. The zero-order valence-electron chi connectivity index (χ0n) is 12.6. The van der Waals surface area contributed by atoms with Crippen molar-refractivity contribution in [3.63, 3.8) is 0 Å². The third kappa shape index (κ3) is 13.6. The lowest BCUT2D eigenvalue weighted by Crippen LogP contribution is -2.28. The highest BCUT2D eigenvalue weighted by Gasteiger charge is 2.01. The Kier molecular flexibility index (Phi) is 10.9. The summed E-state index contributed by atoms with van der Waals surface area (Å²) in [6.45, 7) is 1.63. The van der Waals surface area contributed by atoms with Crippen LogP contribution in [0.15, 0.2) is 48.6 Å². The molecule has 0 bridgehead atoms. The van der Waals surface area contributed by atoms with Crippen LogP contribution in [-0.4, -0.2) is 41.4 Å². The normalized spacial score (nSPS) is 9.96. The molecule has 1 amide bonds. The number of hydrogen-bond donors (Lipinski definition) is 3. The number of esters is 1. The van der Waals surface area contributed by atoms with Crippen molar-refractivity contribution >= 4 is 24.1 Å². The van der Waals surface area contributed by atoms with Crippen LogP contribution in [0.3, 0.4) is 0 Å². The van der Waals surface area contributed by atoms with Gasteiger partial charge in [0.2, 0.25) is 0 Å². The highest BCUT2D eigenvalue weighted by molar-refractivity contribution is 5.80. The number of amides is 1. The van der Waals surface area contributed by atoms with Crippen LogP contribution in [0, 0.1) is 0 Å². The van der Waals surface area contributed by atoms with E-state index in [0.29, 0.717) is 0 Å². The van der Waals surface area contributed by atoms with Crippen LogP contribution >= 0.6 is 0 Å². The summed E-state index contributed by atoms with van der Waals surface area (Å²) in [5.74, 6) is -1.50. The molecule has 3 N–H and O–H groups in total. The zero-order valence-corrected chi connectivity index (χ0v) is 12.6. The lowest BCUT2D eigenvalue weighted by molar-refractivity contribution is -0.141. The van der Waals surface area contributed by atoms with Gasteiger partial charge in [0.05, 0.1) is 6.61 Å². The van der Waals surface area contributed by atoms with E-state index in [1.54, 1.807) is 13.0 Å². The number of rotatable bonds is 6. The van der Waals surface area contributed by atoms with Gasteiger partial charge in [0.1, 0.15) is 6.54 Å². The molecule has 23 heavy (non-hydrogen) atoms. The van der Waals surface area contributed by atoms with Crippen molar-refractivity contribution in [2.45, 2.75) is 6.92 Å². The Morgan fingerprint density at radius 2 is 1.78 bits per heavy atom. The molecule has 1 aromatic rings. The molecule has 0 aliphatic carbocycles. The largest absolute Gasteiger partial charge is 0.478 e. The molecule has 0 spiro atoms. The first-order valence-electron chi connectivity index (χ1n) is 6.70. The van der Waals surface area contributed by atoms with E-state index < -0.39 is 18.0 Å². The summed E-state index contributed by atoms with van der Waals surface area (Å²) in [6, 6.07) is 9.70. The maximum atomic E-state index is 10.4. The minimum absolute atomic E-state index is 0.264. The number of ether oxygens (including phenoxy) is 1. The first-order chi connectivity index (χ1) is 11.0. The molecule has 0 fully saturated rings. The fourth-order valence-electron chi connectivity index (χ4n) is 1.23. The van der Waals surface area contributed by atoms with E-state index in [4.69, 9.17) is 10.2 Å². The van der Waals surface area contributed by atoms with E-state index in [1.165, 1.54) is 6.08 Å². The van der Waals surface area contributed by atoms with Crippen LogP contribution < -0.4 is 5.32 Å². The van der Waals surface area contributed by atoms with Crippen molar-refractivity contribution in [2.24, 2.45) is 0 Å². The third-order valence-electron chi connectivity index (χ3n) is 2.13. The van der Waals surface area contributed by atoms with Crippen molar-refractivity contribution < 1.29 is 29.3 Å². The number of carboxylic acid groups (broad SMARTS) is 2. The summed E-state index contributed by atoms with van der Waals surface area (Å²) >= 11 is 0. The summed E-state index contributed by atoms with van der Waals surface area (Å²) in [7, 11) is 0. The molecule has 0 radical (unpaired) electrons. The fourth-order valence-corrected chi connectivity index (χ4v) is 1.23. The molecule has 0 heterocycles. The molecule has 1 aromatic carbocycles. The van der Waals surface area contributed by atoms with E-state index in [9.17, 15) is 14.4 Å². The molecular formula is C16H19NO6. The van der Waals surface area contributed by atoms with Gasteiger partial charge in [0, 0.05) is 6.08 Å². The van der Waals surface area contributed by atoms with Gasteiger partial charge in [-0.15, -0.1) is 0 Å². The summed E-state index contributed by atoms with van der Waals surface area (Å²) in [5, 5.41) is 18.2. The van der Waals surface area contributed by atoms with Crippen molar-refractivity contribution in [1.82, 2.24) is 5.32 Å². The minimum atomic E-state index is -1.23. The van der Waals surface area contributed by atoms with Crippen molar-refractivity contribution in [1.29, 1.82) is 0 Å². The second-order valence-corrected chi connectivity index (χ2v) is 3.93. The molecular weight excluding hydrogens is 302 g/mol. The molecule has 0 aliphatic rings. The average Bonchev–Trinajstić information content (AvgIpc) is 2.51. The van der Waals surface area contributed by atoms with Gasteiger partial charge in [-0.1, -0.05) is 48.6 Å². The fraction of sp³-hybridized carbons (Fsp3) is 0.188. The maximum Gasteiger partial charge on any atom is 0.405 e. The number of carbonyl (C=O) groups is 3. The average molecular weight is 321 g/mol. The van der Waals surface area contributed by atoms with E-state index >= 15 is 0 Å². The van der Waals surface area contributed by atoms with Crippen LogP contribution in [0.1, 0.15) is 12.5 Å². The second-order valence-electron chi connectivity index (χ2n) is 3.93. The second kappa shape index (κ2) is 12.6. The Morgan fingerprint density at radius 1 is 1.13 bits per heavy atom. The molecule has 1 rings (SSSR count). The Balaban J connectivity index is 0.000000438. The van der Waals surface area contributed by atoms with Gasteiger partial charge in [-0.05, 0) is 12.5 Å². The Bertz CT molecular complexity index is 551. The maximum absolute atomic E-state index is 10.4. The van der Waals surface area contributed by atoms with E-state index in [-0.39, 0.29) is 13.2 Å². The SMILES string of the molecule is CCOC(=O)CNC(=O)O.O=C(O)C=CC=Cc1ccccc1. The molecule has 7 nitrogen and oxygen atoms in total. The smallest absolute Gasteiger partial charge is 0.405 e. The molecule has 0 atom stereocenters. The van der Waals surface area contributed by atoms with Gasteiger partial charge >= 0.3 is 18.0 Å². The van der Waals surface area contributed by atoms with Crippen LogP contribution in [0.5, 0.6) is 0 Å². The summed E-state index contributed by atoms with van der Waals surface area (Å²) in [5.41, 5.74) is 1.05. The number of hydrogen-bond acceptors (Lipinski definition) is 4. The van der Waals surface area contributed by atoms with Gasteiger partial charge in [-0.25, -0.2) is 9.59 Å². The van der Waals surface area contributed by atoms with E-state index in [2.05, 4.69) is 4.74 Å². The van der Waals surface area contributed by atoms with Crippen LogP contribution in [0.4, 0.5) is 4.79 Å². The summed E-state index contributed by atoms with van der Waals surface area (Å²) in [6.07, 6.45) is 4.91. The Labute approximate surface area is 133 Å². The van der Waals surface area contributed by atoms with Crippen LogP contribution in [-0.2, 0) is 14.3 Å². The van der Waals surface area contributed by atoms with Crippen LogP contribution in [0.25, 0.3) is 6.08 Å².